The number of aliphatic hydroxyl groups excluding tert-OH is 2. The van der Waals surface area contributed by atoms with Crippen molar-refractivity contribution in [2.45, 2.75) is 38.2 Å². The summed E-state index contributed by atoms with van der Waals surface area (Å²) in [6.45, 7) is 0.0296. The molecule has 0 aromatic heterocycles. The number of hydrogen-bond acceptors (Lipinski definition) is 2. The van der Waals surface area contributed by atoms with Crippen LogP contribution in [0.15, 0.2) is 18.2 Å². The van der Waals surface area contributed by atoms with Gasteiger partial charge in [-0.2, -0.15) is 0 Å². The maximum absolute atomic E-state index is 13.8. The fraction of sp³-hybridized carbons (Fsp3) is 0.571. The average molecular weight is 273 g/mol. The Kier molecular flexibility index (Phi) is 4.25. The highest BCUT2D eigenvalue weighted by Gasteiger charge is 2.35. The Balaban J connectivity index is 2.15. The van der Waals surface area contributed by atoms with Crippen LogP contribution >= 0.6 is 11.6 Å². The van der Waals surface area contributed by atoms with E-state index in [9.17, 15) is 14.6 Å². The highest BCUT2D eigenvalue weighted by atomic mass is 35.5. The third-order valence-corrected chi connectivity index (χ3v) is 4.17. The van der Waals surface area contributed by atoms with Crippen molar-refractivity contribution in [1.82, 2.24) is 0 Å². The van der Waals surface area contributed by atoms with Crippen molar-refractivity contribution in [1.29, 1.82) is 0 Å². The zero-order chi connectivity index (χ0) is 13.2. The smallest absolute Gasteiger partial charge is 0.127 e. The predicted octanol–water partition coefficient (Wildman–Crippen LogP) is 2.94. The number of benzene rings is 1. The first-order valence-electron chi connectivity index (χ1n) is 6.27. The molecule has 1 saturated carbocycles. The van der Waals surface area contributed by atoms with E-state index in [1.165, 1.54) is 6.07 Å². The molecule has 1 aromatic rings. The molecule has 0 spiro atoms. The lowest BCUT2D eigenvalue weighted by Crippen LogP contribution is -2.35. The van der Waals surface area contributed by atoms with Gasteiger partial charge < -0.3 is 10.2 Å². The van der Waals surface area contributed by atoms with Gasteiger partial charge in [0, 0.05) is 11.6 Å². The molecule has 2 N–H and O–H groups in total. The van der Waals surface area contributed by atoms with E-state index in [4.69, 9.17) is 11.6 Å². The van der Waals surface area contributed by atoms with Crippen molar-refractivity contribution in [2.24, 2.45) is 5.41 Å². The highest BCUT2D eigenvalue weighted by molar-refractivity contribution is 6.30. The second-order valence-corrected chi connectivity index (χ2v) is 5.74. The molecule has 0 radical (unpaired) electrons. The van der Waals surface area contributed by atoms with Crippen LogP contribution in [-0.2, 0) is 6.42 Å². The van der Waals surface area contributed by atoms with Crippen LogP contribution in [0, 0.1) is 11.2 Å². The number of halogens is 2. The molecule has 0 aliphatic heterocycles. The fourth-order valence-corrected chi connectivity index (χ4v) is 2.83. The summed E-state index contributed by atoms with van der Waals surface area (Å²) in [5.41, 5.74) is 0.290. The predicted molar refractivity (Wildman–Crippen MR) is 69.1 cm³/mol. The Morgan fingerprint density at radius 3 is 2.56 bits per heavy atom. The Bertz CT molecular complexity index is 414. The average Bonchev–Trinajstić information content (AvgIpc) is 2.36. The molecule has 2 rings (SSSR count). The Morgan fingerprint density at radius 2 is 2.00 bits per heavy atom. The van der Waals surface area contributed by atoms with E-state index >= 15 is 0 Å². The van der Waals surface area contributed by atoms with E-state index in [2.05, 4.69) is 0 Å². The SMILES string of the molecule is OCC1(Cc2ccc(Cl)cc2F)CCC(O)CC1. The maximum Gasteiger partial charge on any atom is 0.127 e. The lowest BCUT2D eigenvalue weighted by molar-refractivity contribution is 0.0237. The Labute approximate surface area is 111 Å². The van der Waals surface area contributed by atoms with Crippen LogP contribution in [0.1, 0.15) is 31.2 Å². The number of hydrogen-bond donors (Lipinski definition) is 2. The second kappa shape index (κ2) is 5.55. The van der Waals surface area contributed by atoms with Gasteiger partial charge in [0.15, 0.2) is 0 Å². The largest absolute Gasteiger partial charge is 0.396 e. The van der Waals surface area contributed by atoms with E-state index < -0.39 is 0 Å². The topological polar surface area (TPSA) is 40.5 Å². The molecular weight excluding hydrogens is 255 g/mol. The van der Waals surface area contributed by atoms with Crippen molar-refractivity contribution in [3.05, 3.63) is 34.6 Å². The molecule has 18 heavy (non-hydrogen) atoms. The van der Waals surface area contributed by atoms with E-state index in [-0.39, 0.29) is 23.9 Å². The Hall–Kier alpha value is -0.640. The lowest BCUT2D eigenvalue weighted by Gasteiger charge is -2.37. The van der Waals surface area contributed by atoms with Crippen LogP contribution < -0.4 is 0 Å². The van der Waals surface area contributed by atoms with Gasteiger partial charge in [-0.05, 0) is 55.2 Å². The normalized spacial score (nSPS) is 28.3. The van der Waals surface area contributed by atoms with Gasteiger partial charge in [-0.15, -0.1) is 0 Å². The third kappa shape index (κ3) is 3.02. The van der Waals surface area contributed by atoms with Crippen molar-refractivity contribution >= 4 is 11.6 Å². The quantitative estimate of drug-likeness (QED) is 0.888. The van der Waals surface area contributed by atoms with Gasteiger partial charge in [-0.25, -0.2) is 4.39 Å². The van der Waals surface area contributed by atoms with Crippen LogP contribution in [-0.4, -0.2) is 22.9 Å². The van der Waals surface area contributed by atoms with Gasteiger partial charge in [-0.1, -0.05) is 17.7 Å². The molecule has 1 aliphatic carbocycles. The first-order chi connectivity index (χ1) is 8.54. The summed E-state index contributed by atoms with van der Waals surface area (Å²) in [5.74, 6) is -0.318. The maximum atomic E-state index is 13.8. The van der Waals surface area contributed by atoms with E-state index in [1.54, 1.807) is 12.1 Å². The van der Waals surface area contributed by atoms with E-state index in [0.29, 0.717) is 29.8 Å². The van der Waals surface area contributed by atoms with Crippen LogP contribution in [0.5, 0.6) is 0 Å². The number of rotatable bonds is 3. The van der Waals surface area contributed by atoms with Gasteiger partial charge in [0.1, 0.15) is 5.82 Å². The van der Waals surface area contributed by atoms with Gasteiger partial charge in [0.25, 0.3) is 0 Å². The molecule has 1 aliphatic rings. The Morgan fingerprint density at radius 1 is 1.33 bits per heavy atom. The molecule has 0 unspecified atom stereocenters. The summed E-state index contributed by atoms with van der Waals surface area (Å²) >= 11 is 5.72. The third-order valence-electron chi connectivity index (χ3n) is 3.93. The van der Waals surface area contributed by atoms with Gasteiger partial charge in [0.05, 0.1) is 6.10 Å². The molecule has 1 fully saturated rings. The molecule has 0 saturated heterocycles. The summed E-state index contributed by atoms with van der Waals surface area (Å²) in [6.07, 6.45) is 3.03. The minimum atomic E-state index is -0.318. The molecule has 0 bridgehead atoms. The first-order valence-corrected chi connectivity index (χ1v) is 6.65. The minimum absolute atomic E-state index is 0.0296. The lowest BCUT2D eigenvalue weighted by atomic mass is 9.70. The second-order valence-electron chi connectivity index (χ2n) is 5.30. The summed E-state index contributed by atoms with van der Waals surface area (Å²) < 4.78 is 13.8. The molecular formula is C14H18ClFO2. The van der Waals surface area contributed by atoms with Crippen molar-refractivity contribution < 1.29 is 14.6 Å². The molecule has 100 valence electrons. The molecule has 2 nitrogen and oxygen atoms in total. The summed E-state index contributed by atoms with van der Waals surface area (Å²) in [6, 6.07) is 4.66. The molecule has 1 aromatic carbocycles. The van der Waals surface area contributed by atoms with Gasteiger partial charge in [-0.3, -0.25) is 0 Å². The van der Waals surface area contributed by atoms with Gasteiger partial charge in [0.2, 0.25) is 0 Å². The van der Waals surface area contributed by atoms with Gasteiger partial charge >= 0.3 is 0 Å². The number of aliphatic hydroxyl groups is 2. The van der Waals surface area contributed by atoms with Crippen molar-refractivity contribution in [3.8, 4) is 0 Å². The van der Waals surface area contributed by atoms with E-state index in [0.717, 1.165) is 12.8 Å². The summed E-state index contributed by atoms with van der Waals surface area (Å²) in [4.78, 5) is 0. The summed E-state index contributed by atoms with van der Waals surface area (Å²) in [7, 11) is 0. The monoisotopic (exact) mass is 272 g/mol. The van der Waals surface area contributed by atoms with E-state index in [1.807, 2.05) is 0 Å². The zero-order valence-corrected chi connectivity index (χ0v) is 11.0. The van der Waals surface area contributed by atoms with Crippen LogP contribution in [0.25, 0.3) is 0 Å². The standard InChI is InChI=1S/C14H18ClFO2/c15-11-2-1-10(13(16)7-11)8-14(9-17)5-3-12(18)4-6-14/h1-2,7,12,17-18H,3-6,8-9H2. The molecule has 4 heteroatoms. The van der Waals surface area contributed by atoms with Crippen LogP contribution in [0.4, 0.5) is 4.39 Å². The molecule has 0 heterocycles. The van der Waals surface area contributed by atoms with Crippen LogP contribution in [0.3, 0.4) is 0 Å². The fourth-order valence-electron chi connectivity index (χ4n) is 2.67. The molecule has 0 amide bonds. The van der Waals surface area contributed by atoms with Crippen molar-refractivity contribution in [2.75, 3.05) is 6.61 Å². The minimum Gasteiger partial charge on any atom is -0.396 e. The zero-order valence-electron chi connectivity index (χ0n) is 10.2. The highest BCUT2D eigenvalue weighted by Crippen LogP contribution is 2.39. The molecule has 0 atom stereocenters. The first kappa shape index (κ1) is 13.8. The summed E-state index contributed by atoms with van der Waals surface area (Å²) in [5, 5.41) is 19.5. The van der Waals surface area contributed by atoms with Crippen LogP contribution in [0.2, 0.25) is 5.02 Å². The van der Waals surface area contributed by atoms with Crippen molar-refractivity contribution in [3.63, 3.8) is 0 Å².